The first kappa shape index (κ1) is 16.1. The van der Waals surface area contributed by atoms with Crippen molar-refractivity contribution in [2.75, 3.05) is 0 Å². The molecule has 0 atom stereocenters. The number of hydrogen-bond donors (Lipinski definition) is 1. The molecule has 25 heavy (non-hydrogen) atoms. The first-order chi connectivity index (χ1) is 12.0. The number of allylic oxidation sites excluding steroid dienone is 1. The van der Waals surface area contributed by atoms with E-state index in [0.29, 0.717) is 10.9 Å². The van der Waals surface area contributed by atoms with Crippen LogP contribution in [0.5, 0.6) is 5.75 Å². The van der Waals surface area contributed by atoms with E-state index >= 15 is 0 Å². The van der Waals surface area contributed by atoms with Gasteiger partial charge in [-0.2, -0.15) is 0 Å². The van der Waals surface area contributed by atoms with Crippen molar-refractivity contribution >= 4 is 28.5 Å². The number of ketones is 1. The summed E-state index contributed by atoms with van der Waals surface area (Å²) in [5, 5.41) is 21.2. The Labute approximate surface area is 140 Å². The molecule has 1 N–H and O–H groups in total. The van der Waals surface area contributed by atoms with Crippen molar-refractivity contribution in [3.05, 3.63) is 86.3 Å². The second kappa shape index (κ2) is 6.40. The summed E-state index contributed by atoms with van der Waals surface area (Å²) >= 11 is 0. The van der Waals surface area contributed by atoms with E-state index in [1.165, 1.54) is 48.5 Å². The summed E-state index contributed by atoms with van der Waals surface area (Å²) in [4.78, 5) is 34.1. The molecule has 0 aliphatic heterocycles. The Kier molecular flexibility index (Phi) is 4.13. The average Bonchev–Trinajstić information content (AvgIpc) is 2.59. The molecule has 0 aliphatic rings. The van der Waals surface area contributed by atoms with Crippen molar-refractivity contribution < 1.29 is 19.2 Å². The van der Waals surface area contributed by atoms with Gasteiger partial charge in [0.05, 0.1) is 4.92 Å². The lowest BCUT2D eigenvalue weighted by molar-refractivity contribution is -0.384. The van der Waals surface area contributed by atoms with E-state index in [1.807, 2.05) is 0 Å². The standard InChI is InChI=1S/C18H11NO6/c20-14(7-4-11-2-1-3-13(10-11)19(23)24)17-15(21)8-5-12-6-9-16(22)25-18(12)17/h1-10,21H/b7-4+. The maximum Gasteiger partial charge on any atom is 0.336 e. The van der Waals surface area contributed by atoms with Crippen LogP contribution < -0.4 is 5.63 Å². The number of fused-ring (bicyclic) bond motifs is 1. The number of nitro benzene ring substituents is 1. The molecule has 7 heteroatoms. The SMILES string of the molecule is O=C(/C=C/c1cccc([N+](=O)[O-])c1)c1c(O)ccc2ccc(=O)oc12. The van der Waals surface area contributed by atoms with Crippen LogP contribution in [0.15, 0.2) is 63.8 Å². The highest BCUT2D eigenvalue weighted by molar-refractivity contribution is 6.15. The Hall–Kier alpha value is -3.74. The van der Waals surface area contributed by atoms with Gasteiger partial charge in [-0.25, -0.2) is 4.79 Å². The number of carbonyl (C=O) groups is 1. The Morgan fingerprint density at radius 1 is 1.16 bits per heavy atom. The van der Waals surface area contributed by atoms with E-state index in [2.05, 4.69) is 0 Å². The zero-order valence-corrected chi connectivity index (χ0v) is 12.7. The van der Waals surface area contributed by atoms with Gasteiger partial charge in [0, 0.05) is 23.6 Å². The second-order valence-corrected chi connectivity index (χ2v) is 5.18. The predicted octanol–water partition coefficient (Wildman–Crippen LogP) is 3.30. The van der Waals surface area contributed by atoms with Gasteiger partial charge in [0.1, 0.15) is 11.3 Å². The fraction of sp³-hybridized carbons (Fsp3) is 0. The predicted molar refractivity (Wildman–Crippen MR) is 90.6 cm³/mol. The van der Waals surface area contributed by atoms with Crippen LogP contribution in [0.1, 0.15) is 15.9 Å². The quantitative estimate of drug-likeness (QED) is 0.257. The molecule has 1 heterocycles. The van der Waals surface area contributed by atoms with E-state index in [0.717, 1.165) is 6.08 Å². The number of benzene rings is 2. The summed E-state index contributed by atoms with van der Waals surface area (Å²) in [6, 6.07) is 11.3. The minimum absolute atomic E-state index is 0.0128. The highest BCUT2D eigenvalue weighted by Crippen LogP contribution is 2.27. The van der Waals surface area contributed by atoms with Crippen molar-refractivity contribution in [1.29, 1.82) is 0 Å². The third-order valence-corrected chi connectivity index (χ3v) is 3.52. The van der Waals surface area contributed by atoms with Crippen LogP contribution in [0.25, 0.3) is 17.0 Å². The molecule has 0 unspecified atom stereocenters. The van der Waals surface area contributed by atoms with Gasteiger partial charge in [0.2, 0.25) is 0 Å². The van der Waals surface area contributed by atoms with E-state index < -0.39 is 16.3 Å². The van der Waals surface area contributed by atoms with Gasteiger partial charge in [-0.1, -0.05) is 18.2 Å². The fourth-order valence-corrected chi connectivity index (χ4v) is 2.36. The number of phenolic OH excluding ortho intramolecular Hbond substituents is 1. The Morgan fingerprint density at radius 2 is 1.92 bits per heavy atom. The van der Waals surface area contributed by atoms with Crippen molar-refractivity contribution in [3.63, 3.8) is 0 Å². The molecule has 2 aromatic carbocycles. The smallest absolute Gasteiger partial charge is 0.336 e. The first-order valence-electron chi connectivity index (χ1n) is 7.18. The first-order valence-corrected chi connectivity index (χ1v) is 7.18. The van der Waals surface area contributed by atoms with Crippen LogP contribution in [0.4, 0.5) is 5.69 Å². The maximum absolute atomic E-state index is 12.4. The molecule has 0 aliphatic carbocycles. The molecular weight excluding hydrogens is 326 g/mol. The number of carbonyl (C=O) groups excluding carboxylic acids is 1. The molecule has 0 saturated heterocycles. The number of nitro groups is 1. The van der Waals surface area contributed by atoms with Gasteiger partial charge >= 0.3 is 5.63 Å². The molecule has 0 saturated carbocycles. The zero-order valence-electron chi connectivity index (χ0n) is 12.7. The number of hydrogen-bond acceptors (Lipinski definition) is 6. The van der Waals surface area contributed by atoms with Gasteiger partial charge in [-0.05, 0) is 29.8 Å². The summed E-state index contributed by atoms with van der Waals surface area (Å²) in [6.45, 7) is 0. The summed E-state index contributed by atoms with van der Waals surface area (Å²) in [6.07, 6.45) is 2.54. The van der Waals surface area contributed by atoms with Gasteiger partial charge in [-0.15, -0.1) is 0 Å². The lowest BCUT2D eigenvalue weighted by atomic mass is 10.0. The Bertz CT molecular complexity index is 1080. The molecule has 1 aromatic heterocycles. The molecule has 0 spiro atoms. The molecule has 0 bridgehead atoms. The van der Waals surface area contributed by atoms with Gasteiger partial charge < -0.3 is 9.52 Å². The molecule has 3 rings (SSSR count). The van der Waals surface area contributed by atoms with Crippen LogP contribution in [0.3, 0.4) is 0 Å². The minimum Gasteiger partial charge on any atom is -0.507 e. The highest BCUT2D eigenvalue weighted by Gasteiger charge is 2.16. The Balaban J connectivity index is 2.02. The molecule has 0 radical (unpaired) electrons. The third kappa shape index (κ3) is 3.30. The number of aromatic hydroxyl groups is 1. The number of non-ortho nitro benzene ring substituents is 1. The summed E-state index contributed by atoms with van der Waals surface area (Å²) in [7, 11) is 0. The lowest BCUT2D eigenvalue weighted by Gasteiger charge is -2.04. The van der Waals surface area contributed by atoms with Crippen molar-refractivity contribution in [2.45, 2.75) is 0 Å². The van der Waals surface area contributed by atoms with Crippen LogP contribution in [0.2, 0.25) is 0 Å². The molecule has 0 fully saturated rings. The van der Waals surface area contributed by atoms with E-state index in [1.54, 1.807) is 6.07 Å². The molecular formula is C18H11NO6. The van der Waals surface area contributed by atoms with Crippen LogP contribution in [-0.2, 0) is 0 Å². The number of phenols is 1. The Morgan fingerprint density at radius 3 is 2.68 bits per heavy atom. The van der Waals surface area contributed by atoms with E-state index in [9.17, 15) is 24.8 Å². The summed E-state index contributed by atoms with van der Waals surface area (Å²) < 4.78 is 5.04. The van der Waals surface area contributed by atoms with Gasteiger partial charge in [-0.3, -0.25) is 14.9 Å². The summed E-state index contributed by atoms with van der Waals surface area (Å²) in [5.74, 6) is -0.917. The van der Waals surface area contributed by atoms with Crippen LogP contribution in [-0.4, -0.2) is 15.8 Å². The summed E-state index contributed by atoms with van der Waals surface area (Å²) in [5.41, 5.74) is -0.454. The largest absolute Gasteiger partial charge is 0.507 e. The van der Waals surface area contributed by atoms with Gasteiger partial charge in [0.15, 0.2) is 11.4 Å². The fourth-order valence-electron chi connectivity index (χ4n) is 2.36. The van der Waals surface area contributed by atoms with Gasteiger partial charge in [0.25, 0.3) is 5.69 Å². The monoisotopic (exact) mass is 337 g/mol. The van der Waals surface area contributed by atoms with E-state index in [4.69, 9.17) is 4.42 Å². The van der Waals surface area contributed by atoms with Crippen LogP contribution in [0, 0.1) is 10.1 Å². The number of rotatable bonds is 4. The normalized spacial score (nSPS) is 11.0. The van der Waals surface area contributed by atoms with E-state index in [-0.39, 0.29) is 22.6 Å². The maximum atomic E-state index is 12.4. The third-order valence-electron chi connectivity index (χ3n) is 3.52. The topological polar surface area (TPSA) is 111 Å². The lowest BCUT2D eigenvalue weighted by Crippen LogP contribution is -2.01. The molecule has 3 aromatic rings. The molecule has 124 valence electrons. The zero-order chi connectivity index (χ0) is 18.0. The van der Waals surface area contributed by atoms with Crippen molar-refractivity contribution in [1.82, 2.24) is 0 Å². The molecule has 7 nitrogen and oxygen atoms in total. The van der Waals surface area contributed by atoms with Crippen molar-refractivity contribution in [3.8, 4) is 5.75 Å². The highest BCUT2D eigenvalue weighted by atomic mass is 16.6. The van der Waals surface area contributed by atoms with Crippen LogP contribution >= 0.6 is 0 Å². The number of nitrogens with zero attached hydrogens (tertiary/aromatic N) is 1. The minimum atomic E-state index is -0.644. The van der Waals surface area contributed by atoms with Crippen molar-refractivity contribution in [2.24, 2.45) is 0 Å². The molecule has 0 amide bonds. The second-order valence-electron chi connectivity index (χ2n) is 5.18. The average molecular weight is 337 g/mol.